The third-order valence-electron chi connectivity index (χ3n) is 5.26. The van der Waals surface area contributed by atoms with Crippen LogP contribution in [0.2, 0.25) is 0 Å². The highest BCUT2D eigenvalue weighted by molar-refractivity contribution is 5.98. The number of carbonyl (C=O) groups excluding carboxylic acids is 1. The number of furan rings is 1. The van der Waals surface area contributed by atoms with Gasteiger partial charge in [0.1, 0.15) is 0 Å². The minimum Gasteiger partial charge on any atom is -0.461 e. The van der Waals surface area contributed by atoms with Crippen molar-refractivity contribution >= 4 is 5.78 Å². The predicted octanol–water partition coefficient (Wildman–Crippen LogP) is 3.68. The van der Waals surface area contributed by atoms with E-state index in [4.69, 9.17) is 4.42 Å². The van der Waals surface area contributed by atoms with Gasteiger partial charge >= 0.3 is 0 Å². The number of Topliss-reactive ketones (excluding diaryl/α,β-unsaturated/α-hetero) is 1. The standard InChI is InChI=1S/C15H18O2/c16-14(13-2-1-3-17-13)15-7-10-4-11(8-15)6-12(5-10)9-15/h1-3,10-12H,4-9H2. The third-order valence-corrected chi connectivity index (χ3v) is 5.26. The molecule has 0 atom stereocenters. The fraction of sp³-hybridized carbons (Fsp3) is 0.667. The van der Waals surface area contributed by atoms with Crippen molar-refractivity contribution in [1.29, 1.82) is 0 Å². The van der Waals surface area contributed by atoms with Gasteiger partial charge in [0.05, 0.1) is 6.26 Å². The smallest absolute Gasteiger partial charge is 0.204 e. The third kappa shape index (κ3) is 1.36. The lowest BCUT2D eigenvalue weighted by Crippen LogP contribution is -2.49. The van der Waals surface area contributed by atoms with Crippen LogP contribution < -0.4 is 0 Å². The Morgan fingerprint density at radius 1 is 1.12 bits per heavy atom. The molecule has 1 aromatic heterocycles. The van der Waals surface area contributed by atoms with Crippen LogP contribution in [0.25, 0.3) is 0 Å². The molecule has 4 aliphatic carbocycles. The molecule has 2 heteroatoms. The van der Waals surface area contributed by atoms with Gasteiger partial charge < -0.3 is 4.42 Å². The quantitative estimate of drug-likeness (QED) is 0.725. The van der Waals surface area contributed by atoms with Crippen molar-refractivity contribution < 1.29 is 9.21 Å². The van der Waals surface area contributed by atoms with E-state index < -0.39 is 0 Å². The molecule has 4 fully saturated rings. The summed E-state index contributed by atoms with van der Waals surface area (Å²) in [7, 11) is 0. The summed E-state index contributed by atoms with van der Waals surface area (Å²) >= 11 is 0. The van der Waals surface area contributed by atoms with Gasteiger partial charge in [-0.25, -0.2) is 0 Å². The molecule has 0 aliphatic heterocycles. The minimum atomic E-state index is -0.0490. The molecule has 4 bridgehead atoms. The van der Waals surface area contributed by atoms with E-state index >= 15 is 0 Å². The lowest BCUT2D eigenvalue weighted by Gasteiger charge is -2.55. The zero-order valence-electron chi connectivity index (χ0n) is 10.0. The molecule has 1 heterocycles. The summed E-state index contributed by atoms with van der Waals surface area (Å²) in [4.78, 5) is 12.7. The summed E-state index contributed by atoms with van der Waals surface area (Å²) in [5.74, 6) is 3.34. The van der Waals surface area contributed by atoms with Crippen molar-refractivity contribution in [2.24, 2.45) is 23.2 Å². The molecule has 0 saturated heterocycles. The number of carbonyl (C=O) groups is 1. The number of hydrogen-bond donors (Lipinski definition) is 0. The molecule has 0 N–H and O–H groups in total. The Morgan fingerprint density at radius 2 is 1.71 bits per heavy atom. The van der Waals surface area contributed by atoms with Gasteiger partial charge in [-0.05, 0) is 68.4 Å². The Balaban J connectivity index is 1.71. The van der Waals surface area contributed by atoms with Crippen molar-refractivity contribution in [2.75, 3.05) is 0 Å². The van der Waals surface area contributed by atoms with Gasteiger partial charge in [-0.1, -0.05) is 0 Å². The van der Waals surface area contributed by atoms with E-state index in [1.54, 1.807) is 6.26 Å². The van der Waals surface area contributed by atoms with Gasteiger partial charge in [0.25, 0.3) is 0 Å². The summed E-state index contributed by atoms with van der Waals surface area (Å²) in [6, 6.07) is 3.66. The lowest BCUT2D eigenvalue weighted by atomic mass is 9.48. The zero-order valence-corrected chi connectivity index (χ0v) is 10.0. The van der Waals surface area contributed by atoms with Crippen LogP contribution in [0.3, 0.4) is 0 Å². The summed E-state index contributed by atoms with van der Waals surface area (Å²) in [6.45, 7) is 0. The summed E-state index contributed by atoms with van der Waals surface area (Å²) in [6.07, 6.45) is 9.13. The fourth-order valence-corrected chi connectivity index (χ4v) is 5.06. The molecule has 5 rings (SSSR count). The highest BCUT2D eigenvalue weighted by atomic mass is 16.3. The second kappa shape index (κ2) is 3.24. The molecular weight excluding hydrogens is 212 g/mol. The first-order valence-corrected chi connectivity index (χ1v) is 6.83. The van der Waals surface area contributed by atoms with Crippen LogP contribution in [0.1, 0.15) is 49.1 Å². The highest BCUT2D eigenvalue weighted by Gasteiger charge is 2.55. The van der Waals surface area contributed by atoms with Crippen molar-refractivity contribution in [2.45, 2.75) is 38.5 Å². The largest absolute Gasteiger partial charge is 0.461 e. The van der Waals surface area contributed by atoms with Crippen LogP contribution in [0, 0.1) is 23.2 Å². The van der Waals surface area contributed by atoms with Gasteiger partial charge in [-0.2, -0.15) is 0 Å². The molecule has 0 unspecified atom stereocenters. The Hall–Kier alpha value is -1.05. The van der Waals surface area contributed by atoms with E-state index in [1.807, 2.05) is 12.1 Å². The topological polar surface area (TPSA) is 30.2 Å². The maximum absolute atomic E-state index is 12.7. The molecule has 2 nitrogen and oxygen atoms in total. The van der Waals surface area contributed by atoms with Gasteiger partial charge in [-0.15, -0.1) is 0 Å². The van der Waals surface area contributed by atoms with Gasteiger partial charge in [0, 0.05) is 5.41 Å². The summed E-state index contributed by atoms with van der Waals surface area (Å²) < 4.78 is 5.34. The molecule has 0 amide bonds. The number of rotatable bonds is 2. The predicted molar refractivity (Wildman–Crippen MR) is 63.6 cm³/mol. The molecule has 0 aromatic carbocycles. The van der Waals surface area contributed by atoms with E-state index in [-0.39, 0.29) is 5.41 Å². The van der Waals surface area contributed by atoms with E-state index in [2.05, 4.69) is 0 Å². The first kappa shape index (κ1) is 9.93. The molecule has 4 saturated carbocycles. The SMILES string of the molecule is O=C(c1ccco1)C12CC3CC(CC(C3)C1)C2. The van der Waals surface area contributed by atoms with Crippen LogP contribution in [0.5, 0.6) is 0 Å². The first-order chi connectivity index (χ1) is 8.25. The Morgan fingerprint density at radius 3 is 2.18 bits per heavy atom. The molecule has 4 aliphatic rings. The zero-order chi connectivity index (χ0) is 11.5. The van der Waals surface area contributed by atoms with Crippen LogP contribution >= 0.6 is 0 Å². The van der Waals surface area contributed by atoms with E-state index in [1.165, 1.54) is 19.3 Å². The monoisotopic (exact) mass is 230 g/mol. The van der Waals surface area contributed by atoms with Crippen molar-refractivity contribution in [3.63, 3.8) is 0 Å². The van der Waals surface area contributed by atoms with E-state index in [9.17, 15) is 4.79 Å². The van der Waals surface area contributed by atoms with Crippen molar-refractivity contribution in [3.05, 3.63) is 24.2 Å². The second-order valence-corrected chi connectivity index (χ2v) is 6.50. The number of ketones is 1. The van der Waals surface area contributed by atoms with Crippen LogP contribution in [0.15, 0.2) is 22.8 Å². The van der Waals surface area contributed by atoms with Crippen LogP contribution in [-0.4, -0.2) is 5.78 Å². The minimum absolute atomic E-state index is 0.0490. The van der Waals surface area contributed by atoms with Gasteiger partial charge in [0.15, 0.2) is 5.76 Å². The highest BCUT2D eigenvalue weighted by Crippen LogP contribution is 2.60. The normalized spacial score (nSPS) is 42.9. The van der Waals surface area contributed by atoms with Gasteiger partial charge in [0.2, 0.25) is 5.78 Å². The molecule has 1 aromatic rings. The average molecular weight is 230 g/mol. The molecule has 0 radical (unpaired) electrons. The average Bonchev–Trinajstić information content (AvgIpc) is 2.79. The van der Waals surface area contributed by atoms with E-state index in [0.717, 1.165) is 37.0 Å². The summed E-state index contributed by atoms with van der Waals surface area (Å²) in [5, 5.41) is 0. The van der Waals surface area contributed by atoms with Crippen LogP contribution in [-0.2, 0) is 0 Å². The molecule has 0 spiro atoms. The van der Waals surface area contributed by atoms with E-state index in [0.29, 0.717) is 11.5 Å². The van der Waals surface area contributed by atoms with Crippen LogP contribution in [0.4, 0.5) is 0 Å². The molecular formula is C15H18O2. The molecule has 17 heavy (non-hydrogen) atoms. The maximum atomic E-state index is 12.7. The maximum Gasteiger partial charge on any atom is 0.204 e. The second-order valence-electron chi connectivity index (χ2n) is 6.50. The Labute approximate surface area is 101 Å². The Bertz CT molecular complexity index is 408. The summed E-state index contributed by atoms with van der Waals surface area (Å²) in [5.41, 5.74) is -0.0490. The van der Waals surface area contributed by atoms with Crippen molar-refractivity contribution in [3.8, 4) is 0 Å². The lowest BCUT2D eigenvalue weighted by molar-refractivity contribution is -0.0365. The van der Waals surface area contributed by atoms with Gasteiger partial charge in [-0.3, -0.25) is 4.79 Å². The van der Waals surface area contributed by atoms with Crippen molar-refractivity contribution in [1.82, 2.24) is 0 Å². The number of hydrogen-bond acceptors (Lipinski definition) is 2. The Kier molecular flexibility index (Phi) is 1.89. The first-order valence-electron chi connectivity index (χ1n) is 6.83. The fourth-order valence-electron chi connectivity index (χ4n) is 5.06. The molecule has 90 valence electrons.